The van der Waals surface area contributed by atoms with Crippen molar-refractivity contribution >= 4 is 11.7 Å². The van der Waals surface area contributed by atoms with Crippen LogP contribution in [0.25, 0.3) is 0 Å². The smallest absolute Gasteiger partial charge is 0.338 e. The maximum Gasteiger partial charge on any atom is 0.338 e. The van der Waals surface area contributed by atoms with Gasteiger partial charge in [-0.25, -0.2) is 4.79 Å². The number of carbonyl (C=O) groups excluding carboxylic acids is 1. The zero-order chi connectivity index (χ0) is 12.1. The summed E-state index contributed by atoms with van der Waals surface area (Å²) in [5, 5.41) is 0. The number of anilines is 1. The Morgan fingerprint density at radius 2 is 2.18 bits per heavy atom. The zero-order valence-electron chi connectivity index (χ0n) is 9.72. The number of benzene rings is 1. The van der Waals surface area contributed by atoms with Crippen LogP contribution in [0.4, 0.5) is 5.69 Å². The van der Waals surface area contributed by atoms with Gasteiger partial charge in [-0.3, -0.25) is 0 Å². The first-order valence-electron chi connectivity index (χ1n) is 5.90. The molecular weight excluding hydrogens is 218 g/mol. The summed E-state index contributed by atoms with van der Waals surface area (Å²) < 4.78 is 10.6. The van der Waals surface area contributed by atoms with Crippen molar-refractivity contribution in [2.24, 2.45) is 0 Å². The van der Waals surface area contributed by atoms with E-state index >= 15 is 0 Å². The predicted octanol–water partition coefficient (Wildman–Crippen LogP) is 1.99. The zero-order valence-corrected chi connectivity index (χ0v) is 9.72. The molecule has 2 N–H and O–H groups in total. The van der Waals surface area contributed by atoms with Crippen LogP contribution in [0.2, 0.25) is 0 Å². The van der Waals surface area contributed by atoms with E-state index in [4.69, 9.17) is 15.2 Å². The molecule has 0 radical (unpaired) electrons. The molecule has 1 aliphatic rings. The van der Waals surface area contributed by atoms with Crippen LogP contribution in [-0.4, -0.2) is 25.3 Å². The minimum atomic E-state index is -0.303. The standard InChI is InChI=1S/C13H17NO3/c14-11-5-3-10(4-6-11)13(15)17-9-7-12-2-1-8-16-12/h3-6,12H,1-2,7-9,14H2. The fourth-order valence-corrected chi connectivity index (χ4v) is 1.86. The Hall–Kier alpha value is -1.55. The van der Waals surface area contributed by atoms with E-state index in [9.17, 15) is 4.79 Å². The van der Waals surface area contributed by atoms with Gasteiger partial charge in [-0.1, -0.05) is 0 Å². The fourth-order valence-electron chi connectivity index (χ4n) is 1.86. The highest BCUT2D eigenvalue weighted by atomic mass is 16.5. The Kier molecular flexibility index (Phi) is 3.98. The number of nitrogen functional groups attached to an aromatic ring is 1. The van der Waals surface area contributed by atoms with Gasteiger partial charge in [0.25, 0.3) is 0 Å². The molecule has 0 spiro atoms. The predicted molar refractivity (Wildman–Crippen MR) is 64.7 cm³/mol. The van der Waals surface area contributed by atoms with Crippen LogP contribution in [0.3, 0.4) is 0 Å². The van der Waals surface area contributed by atoms with E-state index in [-0.39, 0.29) is 12.1 Å². The summed E-state index contributed by atoms with van der Waals surface area (Å²) in [6.45, 7) is 1.24. The highest BCUT2D eigenvalue weighted by Gasteiger charge is 2.16. The minimum absolute atomic E-state index is 0.259. The number of ether oxygens (including phenoxy) is 2. The normalized spacial score (nSPS) is 19.2. The van der Waals surface area contributed by atoms with E-state index in [1.54, 1.807) is 24.3 Å². The molecule has 17 heavy (non-hydrogen) atoms. The van der Waals surface area contributed by atoms with Gasteiger partial charge in [0, 0.05) is 18.7 Å². The maximum absolute atomic E-state index is 11.6. The Labute approximate surface area is 101 Å². The van der Waals surface area contributed by atoms with Crippen molar-refractivity contribution in [3.05, 3.63) is 29.8 Å². The largest absolute Gasteiger partial charge is 0.462 e. The highest BCUT2D eigenvalue weighted by molar-refractivity contribution is 5.89. The second kappa shape index (κ2) is 5.68. The molecule has 0 aliphatic carbocycles. The van der Waals surface area contributed by atoms with Gasteiger partial charge < -0.3 is 15.2 Å². The summed E-state index contributed by atoms with van der Waals surface area (Å²) in [5.41, 5.74) is 6.71. The van der Waals surface area contributed by atoms with Gasteiger partial charge >= 0.3 is 5.97 Å². The average molecular weight is 235 g/mol. The van der Waals surface area contributed by atoms with Gasteiger partial charge in [0.1, 0.15) is 0 Å². The van der Waals surface area contributed by atoms with Crippen molar-refractivity contribution in [2.45, 2.75) is 25.4 Å². The molecule has 4 heteroatoms. The van der Waals surface area contributed by atoms with Gasteiger partial charge in [-0.2, -0.15) is 0 Å². The molecule has 1 aromatic rings. The molecule has 1 saturated heterocycles. The summed E-state index contributed by atoms with van der Waals surface area (Å²) in [5.74, 6) is -0.303. The molecule has 0 bridgehead atoms. The van der Waals surface area contributed by atoms with Crippen LogP contribution in [0.5, 0.6) is 0 Å². The number of rotatable bonds is 4. The summed E-state index contributed by atoms with van der Waals surface area (Å²) in [6, 6.07) is 6.72. The van der Waals surface area contributed by atoms with Crippen LogP contribution in [0.15, 0.2) is 24.3 Å². The monoisotopic (exact) mass is 235 g/mol. The van der Waals surface area contributed by atoms with E-state index in [0.717, 1.165) is 25.9 Å². The lowest BCUT2D eigenvalue weighted by molar-refractivity contribution is 0.0386. The van der Waals surface area contributed by atoms with Gasteiger partial charge in [0.05, 0.1) is 18.3 Å². The molecule has 1 fully saturated rings. The molecule has 1 heterocycles. The Morgan fingerprint density at radius 3 is 2.82 bits per heavy atom. The quantitative estimate of drug-likeness (QED) is 0.640. The highest BCUT2D eigenvalue weighted by Crippen LogP contribution is 2.15. The lowest BCUT2D eigenvalue weighted by atomic mass is 10.2. The molecule has 1 unspecified atom stereocenters. The van der Waals surface area contributed by atoms with Crippen molar-refractivity contribution in [3.8, 4) is 0 Å². The van der Waals surface area contributed by atoms with Gasteiger partial charge in [0.2, 0.25) is 0 Å². The first-order chi connectivity index (χ1) is 8.25. The van der Waals surface area contributed by atoms with Crippen LogP contribution >= 0.6 is 0 Å². The average Bonchev–Trinajstić information content (AvgIpc) is 2.83. The maximum atomic E-state index is 11.6. The Morgan fingerprint density at radius 1 is 1.41 bits per heavy atom. The number of carbonyl (C=O) groups is 1. The third-order valence-electron chi connectivity index (χ3n) is 2.84. The van der Waals surface area contributed by atoms with Crippen LogP contribution in [0, 0.1) is 0 Å². The molecule has 92 valence electrons. The number of esters is 1. The van der Waals surface area contributed by atoms with Crippen molar-refractivity contribution in [3.63, 3.8) is 0 Å². The van der Waals surface area contributed by atoms with E-state index in [0.29, 0.717) is 17.9 Å². The SMILES string of the molecule is Nc1ccc(C(=O)OCCC2CCCO2)cc1. The van der Waals surface area contributed by atoms with Crippen molar-refractivity contribution in [1.29, 1.82) is 0 Å². The second-order valence-corrected chi connectivity index (χ2v) is 4.18. The van der Waals surface area contributed by atoms with Crippen molar-refractivity contribution in [1.82, 2.24) is 0 Å². The lowest BCUT2D eigenvalue weighted by Crippen LogP contribution is -2.12. The van der Waals surface area contributed by atoms with Gasteiger partial charge in [-0.15, -0.1) is 0 Å². The van der Waals surface area contributed by atoms with E-state index in [2.05, 4.69) is 0 Å². The first kappa shape index (κ1) is 11.9. The summed E-state index contributed by atoms with van der Waals surface area (Å²) in [7, 11) is 0. The molecular formula is C13H17NO3. The molecule has 0 aromatic heterocycles. The topological polar surface area (TPSA) is 61.6 Å². The third kappa shape index (κ3) is 3.46. The van der Waals surface area contributed by atoms with Crippen molar-refractivity contribution in [2.75, 3.05) is 18.9 Å². The number of nitrogens with two attached hydrogens (primary N) is 1. The first-order valence-corrected chi connectivity index (χ1v) is 5.90. The lowest BCUT2D eigenvalue weighted by Gasteiger charge is -2.09. The molecule has 4 nitrogen and oxygen atoms in total. The molecule has 1 aromatic carbocycles. The van der Waals surface area contributed by atoms with E-state index in [1.807, 2.05) is 0 Å². The summed E-state index contributed by atoms with van der Waals surface area (Å²) in [4.78, 5) is 11.6. The number of hydrogen-bond donors (Lipinski definition) is 1. The van der Waals surface area contributed by atoms with E-state index in [1.165, 1.54) is 0 Å². The Bertz CT molecular complexity index is 369. The molecule has 2 rings (SSSR count). The molecule has 1 aliphatic heterocycles. The van der Waals surface area contributed by atoms with Crippen LogP contribution in [-0.2, 0) is 9.47 Å². The molecule has 0 amide bonds. The van der Waals surface area contributed by atoms with Gasteiger partial charge in [-0.05, 0) is 37.1 Å². The minimum Gasteiger partial charge on any atom is -0.462 e. The number of hydrogen-bond acceptors (Lipinski definition) is 4. The summed E-state index contributed by atoms with van der Waals surface area (Å²) in [6.07, 6.45) is 3.21. The summed E-state index contributed by atoms with van der Waals surface area (Å²) >= 11 is 0. The fraction of sp³-hybridized carbons (Fsp3) is 0.462. The molecule has 0 saturated carbocycles. The van der Waals surface area contributed by atoms with Crippen LogP contribution < -0.4 is 5.73 Å². The van der Waals surface area contributed by atoms with Crippen LogP contribution in [0.1, 0.15) is 29.6 Å². The van der Waals surface area contributed by atoms with Crippen molar-refractivity contribution < 1.29 is 14.3 Å². The van der Waals surface area contributed by atoms with E-state index < -0.39 is 0 Å². The van der Waals surface area contributed by atoms with Gasteiger partial charge in [0.15, 0.2) is 0 Å². The molecule has 1 atom stereocenters. The second-order valence-electron chi connectivity index (χ2n) is 4.18. The third-order valence-corrected chi connectivity index (χ3v) is 2.84. The Balaban J connectivity index is 1.75.